The highest BCUT2D eigenvalue weighted by Crippen LogP contribution is 2.14. The Labute approximate surface area is 58.4 Å². The van der Waals surface area contributed by atoms with Gasteiger partial charge in [-0.05, 0) is 12.5 Å². The van der Waals surface area contributed by atoms with Crippen LogP contribution in [0.5, 0.6) is 0 Å². The number of hydrogen-bond acceptors (Lipinski definition) is 2. The van der Waals surface area contributed by atoms with E-state index in [-0.39, 0.29) is 0 Å². The largest absolute Gasteiger partial charge is 0.556 e. The topological polar surface area (TPSA) is 18.5 Å². The summed E-state index contributed by atoms with van der Waals surface area (Å²) in [4.78, 5) is 0. The lowest BCUT2D eigenvalue weighted by Crippen LogP contribution is -2.10. The molecule has 1 aliphatic heterocycles. The lowest BCUT2D eigenvalue weighted by atomic mass is 10.2. The predicted octanol–water partition coefficient (Wildman–Crippen LogP) is -0.0223. The monoisotopic (exact) mass is 144 g/mol. The molecule has 0 atom stereocenters. The van der Waals surface area contributed by atoms with Crippen LogP contribution in [0.15, 0.2) is 11.3 Å². The highest BCUT2D eigenvalue weighted by atomic mass is 28.2. The van der Waals surface area contributed by atoms with E-state index in [4.69, 9.17) is 9.16 Å². The molecule has 0 bridgehead atoms. The molecule has 9 heavy (non-hydrogen) atoms. The quantitative estimate of drug-likeness (QED) is 0.481. The van der Waals surface area contributed by atoms with Gasteiger partial charge in [0, 0.05) is 6.42 Å². The Hall–Kier alpha value is -0.283. The first-order valence-electron chi connectivity index (χ1n) is 3.15. The molecule has 2 nitrogen and oxygen atoms in total. The maximum absolute atomic E-state index is 5.24. The molecule has 0 N–H and O–H groups in total. The molecule has 1 aliphatic rings. The number of ether oxygens (including phenoxy) is 1. The zero-order valence-electron chi connectivity index (χ0n) is 5.94. The van der Waals surface area contributed by atoms with Gasteiger partial charge < -0.3 is 9.16 Å². The van der Waals surface area contributed by atoms with E-state index < -0.39 is 0 Å². The summed E-state index contributed by atoms with van der Waals surface area (Å²) in [6, 6.07) is 0. The van der Waals surface area contributed by atoms with Gasteiger partial charge in [-0.2, -0.15) is 0 Å². The van der Waals surface area contributed by atoms with E-state index in [0.29, 0.717) is 0 Å². The molecule has 1 rings (SSSR count). The first kappa shape index (κ1) is 6.83. The molecule has 0 aromatic carbocycles. The van der Waals surface area contributed by atoms with Crippen molar-refractivity contribution in [1.29, 1.82) is 0 Å². The van der Waals surface area contributed by atoms with Gasteiger partial charge in [0.1, 0.15) is 0 Å². The van der Waals surface area contributed by atoms with E-state index >= 15 is 0 Å². The summed E-state index contributed by atoms with van der Waals surface area (Å²) in [6.45, 7) is 3.65. The average Bonchev–Trinajstić information content (AvgIpc) is 1.89. The highest BCUT2D eigenvalue weighted by Gasteiger charge is 2.07. The van der Waals surface area contributed by atoms with Crippen molar-refractivity contribution in [2.24, 2.45) is 0 Å². The summed E-state index contributed by atoms with van der Waals surface area (Å²) in [6.07, 6.45) is 0.968. The average molecular weight is 144 g/mol. The Balaban J connectivity index is 2.59. The molecule has 0 aliphatic carbocycles. The van der Waals surface area contributed by atoms with Crippen LogP contribution in [0, 0.1) is 0 Å². The summed E-state index contributed by atoms with van der Waals surface area (Å²) in [5, 5.41) is 0. The second-order valence-corrected chi connectivity index (χ2v) is 2.62. The highest BCUT2D eigenvalue weighted by molar-refractivity contribution is 5.98. The van der Waals surface area contributed by atoms with Crippen molar-refractivity contribution >= 4 is 10.5 Å². The predicted molar refractivity (Wildman–Crippen MR) is 39.2 cm³/mol. The molecule has 0 saturated heterocycles. The van der Waals surface area contributed by atoms with E-state index in [1.165, 1.54) is 5.57 Å². The molecule has 0 saturated carbocycles. The Kier molecular flexibility index (Phi) is 2.30. The fraction of sp³-hybridized carbons (Fsp3) is 0.667. The zero-order chi connectivity index (χ0) is 6.69. The van der Waals surface area contributed by atoms with Gasteiger partial charge in [-0.1, -0.05) is 0 Å². The molecule has 0 unspecified atom stereocenters. The zero-order valence-corrected chi connectivity index (χ0v) is 7.94. The van der Waals surface area contributed by atoms with Crippen LogP contribution < -0.4 is 0 Å². The summed E-state index contributed by atoms with van der Waals surface area (Å²) in [5.74, 6) is 1.16. The van der Waals surface area contributed by atoms with E-state index in [9.17, 15) is 0 Å². The van der Waals surface area contributed by atoms with Crippen molar-refractivity contribution in [3.05, 3.63) is 11.3 Å². The second-order valence-electron chi connectivity index (χ2n) is 2.21. The van der Waals surface area contributed by atoms with Crippen LogP contribution >= 0.6 is 0 Å². The minimum absolute atomic E-state index is 0.761. The van der Waals surface area contributed by atoms with E-state index in [1.54, 1.807) is 0 Å². The maximum Gasteiger partial charge on any atom is 0.203 e. The van der Waals surface area contributed by atoms with Crippen LogP contribution in [-0.4, -0.2) is 23.7 Å². The fourth-order valence-electron chi connectivity index (χ4n) is 0.960. The van der Waals surface area contributed by atoms with Gasteiger partial charge in [0.2, 0.25) is 10.5 Å². The van der Waals surface area contributed by atoms with Crippen molar-refractivity contribution in [2.45, 2.75) is 13.3 Å². The van der Waals surface area contributed by atoms with Crippen molar-refractivity contribution in [3.63, 3.8) is 0 Å². The number of hydrogen-bond donors (Lipinski definition) is 0. The molecule has 0 aromatic rings. The van der Waals surface area contributed by atoms with Gasteiger partial charge >= 0.3 is 0 Å². The third-order valence-corrected chi connectivity index (χ3v) is 2.01. The van der Waals surface area contributed by atoms with Gasteiger partial charge in [-0.15, -0.1) is 0 Å². The third-order valence-electron chi connectivity index (χ3n) is 1.51. The van der Waals surface area contributed by atoms with Gasteiger partial charge in [0.05, 0.1) is 19.0 Å². The van der Waals surface area contributed by atoms with Gasteiger partial charge in [-0.25, -0.2) is 0 Å². The Morgan fingerprint density at radius 1 is 1.67 bits per heavy atom. The standard InChI is InChI=1S/C6H12O2Si/c1-5-4-7-3-2-6(5)8-9/h2-4H2,1,9H3. The molecule has 0 spiro atoms. The molecular formula is C6H12O2Si. The van der Waals surface area contributed by atoms with Gasteiger partial charge in [-0.3, -0.25) is 0 Å². The van der Waals surface area contributed by atoms with Crippen LogP contribution in [0.25, 0.3) is 0 Å². The smallest absolute Gasteiger partial charge is 0.203 e. The fourth-order valence-corrected chi connectivity index (χ4v) is 1.51. The van der Waals surface area contributed by atoms with E-state index in [2.05, 4.69) is 6.92 Å². The summed E-state index contributed by atoms with van der Waals surface area (Å²) >= 11 is 0. The van der Waals surface area contributed by atoms with Gasteiger partial charge in [0.25, 0.3) is 0 Å². The lowest BCUT2D eigenvalue weighted by molar-refractivity contribution is 0.131. The van der Waals surface area contributed by atoms with Gasteiger partial charge in [0.15, 0.2) is 0 Å². The second kappa shape index (κ2) is 3.03. The summed E-state index contributed by atoms with van der Waals surface area (Å²) in [7, 11) is 0.805. The normalized spacial score (nSPS) is 20.6. The molecule has 1 heterocycles. The van der Waals surface area contributed by atoms with Crippen LogP contribution in [0.4, 0.5) is 0 Å². The van der Waals surface area contributed by atoms with E-state index in [1.807, 2.05) is 0 Å². The van der Waals surface area contributed by atoms with Crippen molar-refractivity contribution < 1.29 is 9.16 Å². The third kappa shape index (κ3) is 1.56. The molecule has 52 valence electrons. The molecule has 0 fully saturated rings. The minimum Gasteiger partial charge on any atom is -0.556 e. The number of rotatable bonds is 1. The molecular weight excluding hydrogens is 132 g/mol. The molecule has 3 heteroatoms. The van der Waals surface area contributed by atoms with Crippen LogP contribution in [0.3, 0.4) is 0 Å². The first-order valence-corrected chi connectivity index (χ1v) is 3.96. The Morgan fingerprint density at radius 3 is 2.89 bits per heavy atom. The van der Waals surface area contributed by atoms with Crippen molar-refractivity contribution in [3.8, 4) is 0 Å². The molecule has 0 amide bonds. The SMILES string of the molecule is CC1=C(O[SiH3])CCOC1. The molecule has 0 radical (unpaired) electrons. The van der Waals surface area contributed by atoms with Crippen molar-refractivity contribution in [1.82, 2.24) is 0 Å². The Morgan fingerprint density at radius 2 is 2.44 bits per heavy atom. The maximum atomic E-state index is 5.24. The van der Waals surface area contributed by atoms with E-state index in [0.717, 1.165) is 35.9 Å². The summed E-state index contributed by atoms with van der Waals surface area (Å²) < 4.78 is 10.4. The summed E-state index contributed by atoms with van der Waals surface area (Å²) in [5.41, 5.74) is 1.26. The van der Waals surface area contributed by atoms with Crippen molar-refractivity contribution in [2.75, 3.05) is 13.2 Å². The van der Waals surface area contributed by atoms with Crippen LogP contribution in [0.2, 0.25) is 0 Å². The van der Waals surface area contributed by atoms with Crippen LogP contribution in [0.1, 0.15) is 13.3 Å². The van der Waals surface area contributed by atoms with Crippen LogP contribution in [-0.2, 0) is 9.16 Å². The lowest BCUT2D eigenvalue weighted by Gasteiger charge is -2.17. The minimum atomic E-state index is 0.761. The Bertz CT molecular complexity index is 131. The first-order chi connectivity index (χ1) is 4.34. The molecule has 0 aromatic heterocycles.